The van der Waals surface area contributed by atoms with Crippen LogP contribution in [-0.4, -0.2) is 33.3 Å². The summed E-state index contributed by atoms with van der Waals surface area (Å²) in [6, 6.07) is 4.16. The first-order valence-corrected chi connectivity index (χ1v) is 7.25. The molecule has 2 heterocycles. The second kappa shape index (κ2) is 6.59. The number of aromatic nitrogens is 3. The van der Waals surface area contributed by atoms with Crippen molar-refractivity contribution in [2.45, 2.75) is 33.2 Å². The lowest BCUT2D eigenvalue weighted by atomic mass is 10.1. The summed E-state index contributed by atoms with van der Waals surface area (Å²) in [7, 11) is 4.03. The van der Waals surface area contributed by atoms with Gasteiger partial charge in [-0.15, -0.1) is 0 Å². The third-order valence-electron chi connectivity index (χ3n) is 3.88. The van der Waals surface area contributed by atoms with Crippen molar-refractivity contribution in [3.8, 4) is 6.07 Å². The fourth-order valence-electron chi connectivity index (χ4n) is 2.69. The molecule has 0 aromatic carbocycles. The molecule has 0 aliphatic rings. The third-order valence-corrected chi connectivity index (χ3v) is 3.88. The second-order valence-electron chi connectivity index (χ2n) is 5.71. The number of rotatable bonds is 6. The summed E-state index contributed by atoms with van der Waals surface area (Å²) in [5.41, 5.74) is 5.53. The first kappa shape index (κ1) is 15.3. The molecular weight excluding hydrogens is 262 g/mol. The van der Waals surface area contributed by atoms with E-state index < -0.39 is 0 Å². The first-order chi connectivity index (χ1) is 10.0. The largest absolute Gasteiger partial charge is 0.342 e. The summed E-state index contributed by atoms with van der Waals surface area (Å²) in [4.78, 5) is 2.29. The van der Waals surface area contributed by atoms with Gasteiger partial charge in [0.05, 0.1) is 5.69 Å². The van der Waals surface area contributed by atoms with Crippen molar-refractivity contribution in [2.24, 2.45) is 7.05 Å². The maximum absolute atomic E-state index is 8.97. The number of hydrogen-bond acceptors (Lipinski definition) is 3. The van der Waals surface area contributed by atoms with Crippen molar-refractivity contribution in [1.82, 2.24) is 19.7 Å². The lowest BCUT2D eigenvalue weighted by Crippen LogP contribution is -2.19. The van der Waals surface area contributed by atoms with Gasteiger partial charge in [-0.05, 0) is 57.5 Å². The van der Waals surface area contributed by atoms with Gasteiger partial charge < -0.3 is 9.47 Å². The molecule has 0 saturated heterocycles. The monoisotopic (exact) mass is 285 g/mol. The van der Waals surface area contributed by atoms with Gasteiger partial charge >= 0.3 is 0 Å². The Labute approximate surface area is 126 Å². The molecule has 0 fully saturated rings. The molecule has 2 rings (SSSR count). The van der Waals surface area contributed by atoms with E-state index in [-0.39, 0.29) is 0 Å². The number of nitrogens with zero attached hydrogens (tertiary/aromatic N) is 4. The fourth-order valence-corrected chi connectivity index (χ4v) is 2.69. The van der Waals surface area contributed by atoms with Crippen LogP contribution < -0.4 is 0 Å². The topological polar surface area (TPSA) is 60.6 Å². The predicted molar refractivity (Wildman–Crippen MR) is 82.8 cm³/mol. The molecule has 0 aliphatic carbocycles. The average molecular weight is 285 g/mol. The van der Waals surface area contributed by atoms with Crippen LogP contribution in [0, 0.1) is 25.2 Å². The Balaban J connectivity index is 1.82. The average Bonchev–Trinajstić information content (AvgIpc) is 2.94. The van der Waals surface area contributed by atoms with Crippen molar-refractivity contribution >= 4 is 0 Å². The molecular formula is C16H23N5. The highest BCUT2D eigenvalue weighted by Gasteiger charge is 2.08. The molecule has 0 bridgehead atoms. The highest BCUT2D eigenvalue weighted by molar-refractivity contribution is 5.28. The minimum atomic E-state index is 0.711. The molecule has 2 aromatic rings. The van der Waals surface area contributed by atoms with Gasteiger partial charge in [0.15, 0.2) is 0 Å². The smallest absolute Gasteiger partial charge is 0.120 e. The molecule has 0 spiro atoms. The van der Waals surface area contributed by atoms with Crippen LogP contribution in [0.15, 0.2) is 12.3 Å². The third kappa shape index (κ3) is 3.73. The molecule has 0 atom stereocenters. The van der Waals surface area contributed by atoms with Crippen molar-refractivity contribution in [3.63, 3.8) is 0 Å². The number of aromatic amines is 1. The van der Waals surface area contributed by atoms with E-state index >= 15 is 0 Å². The Morgan fingerprint density at radius 3 is 2.76 bits per heavy atom. The van der Waals surface area contributed by atoms with Gasteiger partial charge in [0.2, 0.25) is 0 Å². The van der Waals surface area contributed by atoms with E-state index in [1.165, 1.54) is 16.8 Å². The van der Waals surface area contributed by atoms with Crippen LogP contribution in [0.25, 0.3) is 0 Å². The van der Waals surface area contributed by atoms with E-state index in [0.717, 1.165) is 31.6 Å². The zero-order valence-electron chi connectivity index (χ0n) is 13.3. The van der Waals surface area contributed by atoms with Crippen molar-refractivity contribution < 1.29 is 0 Å². The Kier molecular flexibility index (Phi) is 4.81. The fraction of sp³-hybridized carbons (Fsp3) is 0.500. The molecule has 1 N–H and O–H groups in total. The van der Waals surface area contributed by atoms with Crippen molar-refractivity contribution in [2.75, 3.05) is 13.6 Å². The summed E-state index contributed by atoms with van der Waals surface area (Å²) in [5.74, 6) is 0. The van der Waals surface area contributed by atoms with Gasteiger partial charge in [-0.3, -0.25) is 5.10 Å². The minimum absolute atomic E-state index is 0.711. The number of aryl methyl sites for hydroxylation is 3. The van der Waals surface area contributed by atoms with Crippen LogP contribution >= 0.6 is 0 Å². The maximum Gasteiger partial charge on any atom is 0.120 e. The Hall–Kier alpha value is -2.06. The Bertz CT molecular complexity index is 625. The van der Waals surface area contributed by atoms with Gasteiger partial charge in [-0.2, -0.15) is 10.4 Å². The zero-order valence-corrected chi connectivity index (χ0v) is 13.3. The number of nitriles is 1. The highest BCUT2D eigenvalue weighted by atomic mass is 15.1. The lowest BCUT2D eigenvalue weighted by molar-refractivity contribution is 0.322. The summed E-state index contributed by atoms with van der Waals surface area (Å²) in [6.45, 7) is 6.03. The predicted octanol–water partition coefficient (Wildman–Crippen LogP) is 2.30. The van der Waals surface area contributed by atoms with Crippen LogP contribution in [0.2, 0.25) is 0 Å². The van der Waals surface area contributed by atoms with E-state index in [0.29, 0.717) is 5.69 Å². The lowest BCUT2D eigenvalue weighted by Gasteiger charge is -2.15. The molecule has 5 nitrogen and oxygen atoms in total. The Morgan fingerprint density at radius 1 is 1.43 bits per heavy atom. The molecule has 0 unspecified atom stereocenters. The molecule has 0 amide bonds. The number of H-pyrrole nitrogens is 1. The van der Waals surface area contributed by atoms with Crippen LogP contribution in [0.5, 0.6) is 0 Å². The molecule has 112 valence electrons. The summed E-state index contributed by atoms with van der Waals surface area (Å²) in [6.07, 6.45) is 4.19. The standard InChI is InChI=1S/C16H23N5/c1-12-16(13(2)19-18-12)6-5-7-20(3)10-14-8-15(9-17)21(4)11-14/h8,11H,5-7,10H2,1-4H3,(H,18,19). The van der Waals surface area contributed by atoms with Crippen LogP contribution in [0.1, 0.15) is 34.6 Å². The van der Waals surface area contributed by atoms with Gasteiger partial charge in [0, 0.05) is 25.5 Å². The van der Waals surface area contributed by atoms with Crippen LogP contribution in [-0.2, 0) is 20.0 Å². The number of hydrogen-bond donors (Lipinski definition) is 1. The quantitative estimate of drug-likeness (QED) is 0.886. The molecule has 0 saturated carbocycles. The van der Waals surface area contributed by atoms with E-state index in [1.54, 1.807) is 0 Å². The van der Waals surface area contributed by atoms with Crippen LogP contribution in [0.4, 0.5) is 0 Å². The number of nitrogens with one attached hydrogen (secondary N) is 1. The van der Waals surface area contributed by atoms with E-state index in [2.05, 4.69) is 42.1 Å². The van der Waals surface area contributed by atoms with E-state index in [1.807, 2.05) is 23.9 Å². The molecule has 0 aliphatic heterocycles. The molecule has 0 radical (unpaired) electrons. The SMILES string of the molecule is Cc1n[nH]c(C)c1CCCN(C)Cc1cc(C#N)n(C)c1. The molecule has 5 heteroatoms. The van der Waals surface area contributed by atoms with E-state index in [9.17, 15) is 0 Å². The highest BCUT2D eigenvalue weighted by Crippen LogP contribution is 2.13. The maximum atomic E-state index is 8.97. The van der Waals surface area contributed by atoms with Gasteiger partial charge in [0.1, 0.15) is 11.8 Å². The molecule has 21 heavy (non-hydrogen) atoms. The van der Waals surface area contributed by atoms with Crippen molar-refractivity contribution in [1.29, 1.82) is 5.26 Å². The van der Waals surface area contributed by atoms with Crippen LogP contribution in [0.3, 0.4) is 0 Å². The minimum Gasteiger partial charge on any atom is -0.342 e. The first-order valence-electron chi connectivity index (χ1n) is 7.25. The summed E-state index contributed by atoms with van der Waals surface area (Å²) >= 11 is 0. The summed E-state index contributed by atoms with van der Waals surface area (Å²) < 4.78 is 1.88. The molecule has 2 aromatic heterocycles. The summed E-state index contributed by atoms with van der Waals surface area (Å²) in [5, 5.41) is 16.2. The van der Waals surface area contributed by atoms with Crippen molar-refractivity contribution in [3.05, 3.63) is 40.5 Å². The Morgan fingerprint density at radius 2 is 2.19 bits per heavy atom. The van der Waals surface area contributed by atoms with Gasteiger partial charge in [-0.1, -0.05) is 0 Å². The second-order valence-corrected chi connectivity index (χ2v) is 5.71. The zero-order chi connectivity index (χ0) is 15.4. The van der Waals surface area contributed by atoms with Gasteiger partial charge in [0.25, 0.3) is 0 Å². The van der Waals surface area contributed by atoms with E-state index in [4.69, 9.17) is 5.26 Å². The normalized spacial score (nSPS) is 11.0. The van der Waals surface area contributed by atoms with Gasteiger partial charge in [-0.25, -0.2) is 0 Å².